The van der Waals surface area contributed by atoms with Crippen LogP contribution in [0, 0.1) is 10.1 Å². The number of amides is 1. The standard InChI is InChI=1S/C24H37BN4O6/c1-10-18(13-12-17(2)29(31)32)20-19(25-34-23(6,7)24(8,9)35-25)16-28(27-20)14-11-15-33-21(30)26-22(3,4)5/h10,12-13,16H,2,11,14-15H2,1,3-9H3,(H,26,30)/b13-12-,18-10+. The Kier molecular flexibility index (Phi) is 8.72. The van der Waals surface area contributed by atoms with Gasteiger partial charge in [0.05, 0.1) is 28.4 Å². The number of allylic oxidation sites excluding steroid dienone is 4. The smallest absolute Gasteiger partial charge is 0.449 e. The van der Waals surface area contributed by atoms with Crippen LogP contribution in [0.2, 0.25) is 0 Å². The molecule has 1 amide bonds. The van der Waals surface area contributed by atoms with Crippen LogP contribution in [0.1, 0.15) is 67.5 Å². The number of aromatic nitrogens is 2. The van der Waals surface area contributed by atoms with E-state index in [1.165, 1.54) is 6.08 Å². The summed E-state index contributed by atoms with van der Waals surface area (Å²) in [5.74, 6) is 0. The number of nitro groups is 1. The number of ether oxygens (including phenoxy) is 1. The van der Waals surface area contributed by atoms with Crippen LogP contribution in [-0.2, 0) is 20.6 Å². The first-order valence-corrected chi connectivity index (χ1v) is 11.6. The highest BCUT2D eigenvalue weighted by Crippen LogP contribution is 2.37. The fourth-order valence-corrected chi connectivity index (χ4v) is 3.21. The normalized spacial score (nSPS) is 17.6. The lowest BCUT2D eigenvalue weighted by Crippen LogP contribution is -2.41. The molecule has 1 N–H and O–H groups in total. The number of nitrogens with one attached hydrogen (secondary N) is 1. The Morgan fingerprint density at radius 3 is 2.40 bits per heavy atom. The van der Waals surface area contributed by atoms with Crippen LogP contribution >= 0.6 is 0 Å². The number of alkyl carbamates (subject to hydrolysis) is 1. The molecule has 1 aliphatic rings. The summed E-state index contributed by atoms with van der Waals surface area (Å²) in [6.45, 7) is 19.5. The lowest BCUT2D eigenvalue weighted by atomic mass is 9.78. The third-order valence-corrected chi connectivity index (χ3v) is 5.81. The fourth-order valence-electron chi connectivity index (χ4n) is 3.21. The molecule has 1 saturated heterocycles. The number of aryl methyl sites for hydroxylation is 1. The van der Waals surface area contributed by atoms with Crippen LogP contribution in [0.25, 0.3) is 5.57 Å². The van der Waals surface area contributed by atoms with E-state index in [0.717, 1.165) is 0 Å². The van der Waals surface area contributed by atoms with Crippen LogP contribution in [0.5, 0.6) is 0 Å². The third-order valence-electron chi connectivity index (χ3n) is 5.81. The average Bonchev–Trinajstić information content (AvgIpc) is 3.22. The molecule has 10 nitrogen and oxygen atoms in total. The van der Waals surface area contributed by atoms with Crippen LogP contribution < -0.4 is 10.8 Å². The molecule has 2 rings (SSSR count). The summed E-state index contributed by atoms with van der Waals surface area (Å²) in [4.78, 5) is 22.3. The highest BCUT2D eigenvalue weighted by atomic mass is 16.7. The molecule has 0 aromatic carbocycles. The number of hydrogen-bond acceptors (Lipinski definition) is 7. The van der Waals surface area contributed by atoms with Gasteiger partial charge in [0.15, 0.2) is 0 Å². The Labute approximate surface area is 207 Å². The molecule has 2 heterocycles. The predicted octanol–water partition coefficient (Wildman–Crippen LogP) is 3.85. The molecular weight excluding hydrogens is 451 g/mol. The zero-order valence-electron chi connectivity index (χ0n) is 22.0. The molecule has 35 heavy (non-hydrogen) atoms. The van der Waals surface area contributed by atoms with Gasteiger partial charge in [-0.3, -0.25) is 14.8 Å². The van der Waals surface area contributed by atoms with E-state index < -0.39 is 29.3 Å². The van der Waals surface area contributed by atoms with E-state index in [9.17, 15) is 14.9 Å². The van der Waals surface area contributed by atoms with E-state index in [2.05, 4.69) is 11.9 Å². The molecular formula is C24H37BN4O6. The molecule has 1 fully saturated rings. The van der Waals surface area contributed by atoms with Crippen molar-refractivity contribution in [1.29, 1.82) is 0 Å². The second kappa shape index (κ2) is 10.8. The van der Waals surface area contributed by atoms with Crippen molar-refractivity contribution in [3.8, 4) is 0 Å². The van der Waals surface area contributed by atoms with E-state index >= 15 is 0 Å². The zero-order valence-corrected chi connectivity index (χ0v) is 22.0. The first-order valence-electron chi connectivity index (χ1n) is 11.6. The van der Waals surface area contributed by atoms with Gasteiger partial charge in [-0.15, -0.1) is 0 Å². The van der Waals surface area contributed by atoms with E-state index in [-0.39, 0.29) is 17.8 Å². The largest absolute Gasteiger partial charge is 0.498 e. The van der Waals surface area contributed by atoms with Gasteiger partial charge in [-0.1, -0.05) is 6.08 Å². The van der Waals surface area contributed by atoms with Crippen molar-refractivity contribution >= 4 is 24.2 Å². The summed E-state index contributed by atoms with van der Waals surface area (Å²) < 4.78 is 19.5. The summed E-state index contributed by atoms with van der Waals surface area (Å²) in [6, 6.07) is 0. The molecule has 0 radical (unpaired) electrons. The summed E-state index contributed by atoms with van der Waals surface area (Å²) in [5, 5.41) is 18.4. The molecule has 0 bridgehead atoms. The van der Waals surface area contributed by atoms with Gasteiger partial charge < -0.3 is 19.4 Å². The molecule has 1 aromatic rings. The third kappa shape index (κ3) is 7.53. The van der Waals surface area contributed by atoms with Crippen LogP contribution in [0.3, 0.4) is 0 Å². The minimum Gasteiger partial charge on any atom is -0.449 e. The van der Waals surface area contributed by atoms with Crippen molar-refractivity contribution in [3.63, 3.8) is 0 Å². The second-order valence-electron chi connectivity index (χ2n) is 10.5. The van der Waals surface area contributed by atoms with Gasteiger partial charge in [-0.2, -0.15) is 5.10 Å². The van der Waals surface area contributed by atoms with Crippen molar-refractivity contribution < 1.29 is 23.8 Å². The van der Waals surface area contributed by atoms with Gasteiger partial charge in [0.2, 0.25) is 0 Å². The van der Waals surface area contributed by atoms with E-state index in [1.807, 2.05) is 67.7 Å². The van der Waals surface area contributed by atoms with Gasteiger partial charge in [-0.25, -0.2) is 4.79 Å². The molecule has 0 atom stereocenters. The maximum atomic E-state index is 11.9. The lowest BCUT2D eigenvalue weighted by Gasteiger charge is -2.32. The van der Waals surface area contributed by atoms with Crippen LogP contribution in [-0.4, -0.2) is 51.3 Å². The highest BCUT2D eigenvalue weighted by molar-refractivity contribution is 6.63. The second-order valence-corrected chi connectivity index (χ2v) is 10.5. The minimum atomic E-state index is -0.667. The van der Waals surface area contributed by atoms with Crippen molar-refractivity contribution in [3.05, 3.63) is 52.5 Å². The van der Waals surface area contributed by atoms with Crippen LogP contribution in [0.4, 0.5) is 4.79 Å². The Balaban J connectivity index is 2.25. The summed E-state index contributed by atoms with van der Waals surface area (Å²) in [7, 11) is -0.667. The molecule has 0 aliphatic carbocycles. The fraction of sp³-hybridized carbons (Fsp3) is 0.583. The van der Waals surface area contributed by atoms with Crippen LogP contribution in [0.15, 0.2) is 36.7 Å². The SMILES string of the molecule is C=C(/C=C\C(=C/C)c1nn(CCCOC(=O)NC(C)(C)C)cc1B1OC(C)(C)C(C)(C)O1)[N+](=O)[O-]. The minimum absolute atomic E-state index is 0.224. The Hall–Kier alpha value is -2.92. The average molecular weight is 488 g/mol. The first kappa shape index (κ1) is 28.3. The monoisotopic (exact) mass is 488 g/mol. The maximum Gasteiger partial charge on any atom is 0.498 e. The van der Waals surface area contributed by atoms with Gasteiger partial charge in [0.25, 0.3) is 5.70 Å². The van der Waals surface area contributed by atoms with Gasteiger partial charge >= 0.3 is 13.2 Å². The van der Waals surface area contributed by atoms with Gasteiger partial charge in [0, 0.05) is 36.2 Å². The Morgan fingerprint density at radius 1 is 1.29 bits per heavy atom. The number of carbonyl (C=O) groups is 1. The van der Waals surface area contributed by atoms with Crippen molar-refractivity contribution in [2.75, 3.05) is 6.61 Å². The molecule has 0 spiro atoms. The molecule has 192 valence electrons. The number of carbonyl (C=O) groups excluding carboxylic acids is 1. The number of nitrogens with zero attached hydrogens (tertiary/aromatic N) is 3. The van der Waals surface area contributed by atoms with E-state index in [4.69, 9.17) is 19.1 Å². The predicted molar refractivity (Wildman–Crippen MR) is 136 cm³/mol. The zero-order chi connectivity index (χ0) is 26.6. The quantitative estimate of drug-likeness (QED) is 0.184. The summed E-state index contributed by atoms with van der Waals surface area (Å²) in [6.07, 6.45) is 6.66. The molecule has 0 saturated carbocycles. The Bertz CT molecular complexity index is 1000. The van der Waals surface area contributed by atoms with Crippen molar-refractivity contribution in [2.45, 2.75) is 85.1 Å². The molecule has 1 aliphatic heterocycles. The lowest BCUT2D eigenvalue weighted by molar-refractivity contribution is -0.418. The number of hydrogen-bond donors (Lipinski definition) is 1. The topological polar surface area (TPSA) is 118 Å². The number of rotatable bonds is 9. The van der Waals surface area contributed by atoms with Crippen molar-refractivity contribution in [1.82, 2.24) is 15.1 Å². The molecule has 0 unspecified atom stereocenters. The molecule has 1 aromatic heterocycles. The van der Waals surface area contributed by atoms with Gasteiger partial charge in [0.1, 0.15) is 0 Å². The highest BCUT2D eigenvalue weighted by Gasteiger charge is 2.52. The first-order chi connectivity index (χ1) is 16.1. The Morgan fingerprint density at radius 2 is 1.89 bits per heavy atom. The van der Waals surface area contributed by atoms with E-state index in [1.54, 1.807) is 10.8 Å². The maximum absolute atomic E-state index is 11.9. The summed E-state index contributed by atoms with van der Waals surface area (Å²) >= 11 is 0. The summed E-state index contributed by atoms with van der Waals surface area (Å²) in [5.41, 5.74) is 0.268. The molecule has 11 heteroatoms. The van der Waals surface area contributed by atoms with Gasteiger partial charge in [-0.05, 0) is 73.6 Å². The van der Waals surface area contributed by atoms with Crippen molar-refractivity contribution in [2.24, 2.45) is 0 Å². The van der Waals surface area contributed by atoms with E-state index in [0.29, 0.717) is 29.7 Å².